The normalized spacial score (nSPS) is 12.1. The molecular formula is C23H30N2O5S. The van der Waals surface area contributed by atoms with Crippen LogP contribution in [-0.4, -0.2) is 39.2 Å². The Morgan fingerprint density at radius 2 is 1.65 bits per heavy atom. The van der Waals surface area contributed by atoms with E-state index < -0.39 is 27.9 Å². The van der Waals surface area contributed by atoms with Gasteiger partial charge in [-0.25, -0.2) is 13.2 Å². The number of benzene rings is 2. The number of hydrogen-bond donors (Lipinski definition) is 1. The molecule has 0 bridgehead atoms. The summed E-state index contributed by atoms with van der Waals surface area (Å²) in [7, 11) is -3.69. The van der Waals surface area contributed by atoms with Crippen LogP contribution in [0, 0.1) is 0 Å². The van der Waals surface area contributed by atoms with Crippen molar-refractivity contribution < 1.29 is 22.7 Å². The molecule has 31 heavy (non-hydrogen) atoms. The molecule has 1 atom stereocenters. The highest BCUT2D eigenvalue weighted by Crippen LogP contribution is 2.22. The van der Waals surface area contributed by atoms with Gasteiger partial charge in [0.15, 0.2) is 0 Å². The summed E-state index contributed by atoms with van der Waals surface area (Å²) in [5.74, 6) is -0.901. The third-order valence-electron chi connectivity index (χ3n) is 4.81. The SMILES string of the molecule is CCCCOC(=O)c1ccc(NC(=O)[C@@H](C)N(c2ccc(CC)cc2)S(C)(=O)=O)cc1. The maximum absolute atomic E-state index is 12.8. The number of nitrogens with zero attached hydrogens (tertiary/aromatic N) is 1. The molecule has 2 aromatic carbocycles. The molecule has 0 saturated heterocycles. The number of hydrogen-bond acceptors (Lipinski definition) is 5. The number of rotatable bonds is 10. The predicted molar refractivity (Wildman–Crippen MR) is 123 cm³/mol. The Hall–Kier alpha value is -2.87. The molecule has 0 aliphatic rings. The van der Waals surface area contributed by atoms with Crippen molar-refractivity contribution in [1.29, 1.82) is 0 Å². The summed E-state index contributed by atoms with van der Waals surface area (Å²) < 4.78 is 31.1. The van der Waals surface area contributed by atoms with Gasteiger partial charge in [-0.05, 0) is 61.7 Å². The largest absolute Gasteiger partial charge is 0.462 e. The van der Waals surface area contributed by atoms with Crippen LogP contribution < -0.4 is 9.62 Å². The van der Waals surface area contributed by atoms with E-state index in [-0.39, 0.29) is 0 Å². The number of carbonyl (C=O) groups is 2. The second kappa shape index (κ2) is 10.9. The molecule has 0 radical (unpaired) electrons. The van der Waals surface area contributed by atoms with E-state index in [2.05, 4.69) is 5.32 Å². The molecule has 0 heterocycles. The number of amides is 1. The standard InChI is InChI=1S/C23H30N2O5S/c1-5-7-16-30-23(27)19-10-12-20(13-11-19)24-22(26)17(3)25(31(4,28)29)21-14-8-18(6-2)9-15-21/h8-15,17H,5-7,16H2,1-4H3,(H,24,26)/t17-/m1/s1. The van der Waals surface area contributed by atoms with Crippen LogP contribution in [-0.2, 0) is 26.0 Å². The number of sulfonamides is 1. The Morgan fingerprint density at radius 3 is 2.16 bits per heavy atom. The summed E-state index contributed by atoms with van der Waals surface area (Å²) in [4.78, 5) is 24.8. The minimum Gasteiger partial charge on any atom is -0.462 e. The minimum absolute atomic E-state index is 0.367. The number of nitrogens with one attached hydrogen (secondary N) is 1. The lowest BCUT2D eigenvalue weighted by Gasteiger charge is -2.28. The first kappa shape index (κ1) is 24.4. The van der Waals surface area contributed by atoms with E-state index in [1.165, 1.54) is 6.92 Å². The van der Waals surface area contributed by atoms with E-state index >= 15 is 0 Å². The van der Waals surface area contributed by atoms with Gasteiger partial charge in [0.25, 0.3) is 0 Å². The lowest BCUT2D eigenvalue weighted by molar-refractivity contribution is -0.116. The van der Waals surface area contributed by atoms with E-state index in [1.54, 1.807) is 36.4 Å². The highest BCUT2D eigenvalue weighted by molar-refractivity contribution is 7.92. The van der Waals surface area contributed by atoms with Crippen molar-refractivity contribution in [2.75, 3.05) is 22.5 Å². The molecule has 1 amide bonds. The first-order valence-electron chi connectivity index (χ1n) is 10.3. The van der Waals surface area contributed by atoms with Crippen molar-refractivity contribution in [2.45, 2.75) is 46.1 Å². The molecule has 7 nitrogen and oxygen atoms in total. The molecule has 168 valence electrons. The van der Waals surface area contributed by atoms with Gasteiger partial charge in [0.05, 0.1) is 24.1 Å². The average Bonchev–Trinajstić information content (AvgIpc) is 2.74. The number of unbranched alkanes of at least 4 members (excludes halogenated alkanes) is 1. The molecule has 0 aliphatic carbocycles. The fourth-order valence-corrected chi connectivity index (χ4v) is 4.19. The Bertz CT molecular complexity index is 986. The molecule has 0 unspecified atom stereocenters. The number of ether oxygens (including phenoxy) is 1. The van der Waals surface area contributed by atoms with Crippen LogP contribution in [0.5, 0.6) is 0 Å². The number of aryl methyl sites for hydroxylation is 1. The predicted octanol–water partition coefficient (Wildman–Crippen LogP) is 4.00. The maximum Gasteiger partial charge on any atom is 0.338 e. The molecule has 0 aliphatic heterocycles. The second-order valence-corrected chi connectivity index (χ2v) is 9.17. The van der Waals surface area contributed by atoms with Gasteiger partial charge in [0.1, 0.15) is 6.04 Å². The van der Waals surface area contributed by atoms with Crippen molar-refractivity contribution in [2.24, 2.45) is 0 Å². The van der Waals surface area contributed by atoms with Gasteiger partial charge in [0.2, 0.25) is 15.9 Å². The van der Waals surface area contributed by atoms with Crippen LogP contribution in [0.3, 0.4) is 0 Å². The molecule has 2 aromatic rings. The van der Waals surface area contributed by atoms with Gasteiger partial charge in [-0.15, -0.1) is 0 Å². The smallest absolute Gasteiger partial charge is 0.338 e. The summed E-state index contributed by atoms with van der Waals surface area (Å²) in [6.07, 6.45) is 3.64. The summed E-state index contributed by atoms with van der Waals surface area (Å²) in [6.45, 7) is 5.92. The van der Waals surface area contributed by atoms with E-state index in [9.17, 15) is 18.0 Å². The highest BCUT2D eigenvalue weighted by atomic mass is 32.2. The van der Waals surface area contributed by atoms with Crippen LogP contribution in [0.1, 0.15) is 49.5 Å². The first-order valence-corrected chi connectivity index (χ1v) is 12.2. The lowest BCUT2D eigenvalue weighted by atomic mass is 10.1. The van der Waals surface area contributed by atoms with E-state index in [0.717, 1.165) is 35.4 Å². The minimum atomic E-state index is -3.69. The highest BCUT2D eigenvalue weighted by Gasteiger charge is 2.29. The summed E-state index contributed by atoms with van der Waals surface area (Å²) in [5.41, 5.74) is 2.34. The molecule has 0 saturated carbocycles. The van der Waals surface area contributed by atoms with Crippen LogP contribution in [0.25, 0.3) is 0 Å². The van der Waals surface area contributed by atoms with Gasteiger partial charge >= 0.3 is 5.97 Å². The fourth-order valence-electron chi connectivity index (χ4n) is 3.02. The second-order valence-electron chi connectivity index (χ2n) is 7.31. The van der Waals surface area contributed by atoms with E-state index in [4.69, 9.17) is 4.74 Å². The Morgan fingerprint density at radius 1 is 1.03 bits per heavy atom. The number of carbonyl (C=O) groups excluding carboxylic acids is 2. The topological polar surface area (TPSA) is 92.8 Å². The zero-order chi connectivity index (χ0) is 23.0. The Labute approximate surface area is 184 Å². The fraction of sp³-hybridized carbons (Fsp3) is 0.391. The zero-order valence-corrected chi connectivity index (χ0v) is 19.2. The van der Waals surface area contributed by atoms with Gasteiger partial charge < -0.3 is 10.1 Å². The average molecular weight is 447 g/mol. The van der Waals surface area contributed by atoms with Crippen molar-refractivity contribution in [3.63, 3.8) is 0 Å². The summed E-state index contributed by atoms with van der Waals surface area (Å²) in [5, 5.41) is 2.71. The Kier molecular flexibility index (Phi) is 8.62. The van der Waals surface area contributed by atoms with E-state index in [0.29, 0.717) is 23.5 Å². The lowest BCUT2D eigenvalue weighted by Crippen LogP contribution is -2.45. The molecule has 0 fully saturated rings. The summed E-state index contributed by atoms with van der Waals surface area (Å²) >= 11 is 0. The van der Waals surface area contributed by atoms with Gasteiger partial charge in [-0.3, -0.25) is 9.10 Å². The maximum atomic E-state index is 12.8. The number of esters is 1. The van der Waals surface area contributed by atoms with E-state index in [1.807, 2.05) is 26.0 Å². The molecule has 2 rings (SSSR count). The third kappa shape index (κ3) is 6.82. The molecule has 8 heteroatoms. The van der Waals surface area contributed by atoms with Crippen molar-refractivity contribution >= 4 is 33.3 Å². The molecular weight excluding hydrogens is 416 g/mol. The van der Waals surface area contributed by atoms with Crippen molar-refractivity contribution in [3.8, 4) is 0 Å². The van der Waals surface area contributed by atoms with Crippen molar-refractivity contribution in [1.82, 2.24) is 0 Å². The molecule has 1 N–H and O–H groups in total. The van der Waals surface area contributed by atoms with Gasteiger partial charge in [0, 0.05) is 5.69 Å². The van der Waals surface area contributed by atoms with Gasteiger partial charge in [-0.1, -0.05) is 32.4 Å². The van der Waals surface area contributed by atoms with Crippen LogP contribution in [0.2, 0.25) is 0 Å². The zero-order valence-electron chi connectivity index (χ0n) is 18.4. The monoisotopic (exact) mass is 446 g/mol. The molecule has 0 spiro atoms. The number of anilines is 2. The van der Waals surface area contributed by atoms with Crippen molar-refractivity contribution in [3.05, 3.63) is 59.7 Å². The van der Waals surface area contributed by atoms with Crippen LogP contribution in [0.15, 0.2) is 48.5 Å². The summed E-state index contributed by atoms with van der Waals surface area (Å²) in [6, 6.07) is 12.4. The quantitative estimate of drug-likeness (QED) is 0.440. The third-order valence-corrected chi connectivity index (χ3v) is 6.05. The van der Waals surface area contributed by atoms with Gasteiger partial charge in [-0.2, -0.15) is 0 Å². The Balaban J connectivity index is 2.12. The first-order chi connectivity index (χ1) is 14.7. The van der Waals surface area contributed by atoms with Crippen LogP contribution >= 0.6 is 0 Å². The molecule has 0 aromatic heterocycles. The van der Waals surface area contributed by atoms with Crippen LogP contribution in [0.4, 0.5) is 11.4 Å².